The summed E-state index contributed by atoms with van der Waals surface area (Å²) in [7, 11) is 0. The number of hydrogen-bond acceptors (Lipinski definition) is 2. The molecule has 0 fully saturated rings. The Balaban J connectivity index is 2.13. The van der Waals surface area contributed by atoms with E-state index in [4.69, 9.17) is 4.74 Å². The van der Waals surface area contributed by atoms with Crippen LogP contribution in [0.3, 0.4) is 0 Å². The maximum absolute atomic E-state index is 12.3. The van der Waals surface area contributed by atoms with Gasteiger partial charge in [0.2, 0.25) is 5.91 Å². The van der Waals surface area contributed by atoms with Crippen molar-refractivity contribution in [2.45, 2.75) is 46.4 Å². The zero-order valence-corrected chi connectivity index (χ0v) is 12.1. The van der Waals surface area contributed by atoms with Crippen molar-refractivity contribution in [2.75, 3.05) is 13.2 Å². The SMILES string of the molecule is CCOC1CN(C(=O)CC(C)C)Cc2cccn2C1. The van der Waals surface area contributed by atoms with Crippen molar-refractivity contribution >= 4 is 5.91 Å². The molecule has 4 nitrogen and oxygen atoms in total. The lowest BCUT2D eigenvalue weighted by Crippen LogP contribution is -2.37. The van der Waals surface area contributed by atoms with E-state index in [0.29, 0.717) is 32.0 Å². The first-order valence-corrected chi connectivity index (χ1v) is 7.13. The van der Waals surface area contributed by atoms with Crippen molar-refractivity contribution < 1.29 is 9.53 Å². The lowest BCUT2D eigenvalue weighted by Gasteiger charge is -2.24. The Morgan fingerprint density at radius 3 is 2.95 bits per heavy atom. The highest BCUT2D eigenvalue weighted by Crippen LogP contribution is 2.17. The molecule has 2 heterocycles. The lowest BCUT2D eigenvalue weighted by molar-refractivity contribution is -0.134. The summed E-state index contributed by atoms with van der Waals surface area (Å²) >= 11 is 0. The molecule has 1 aromatic heterocycles. The molecule has 1 atom stereocenters. The average Bonchev–Trinajstić information content (AvgIpc) is 2.68. The van der Waals surface area contributed by atoms with E-state index in [1.54, 1.807) is 0 Å². The number of rotatable bonds is 4. The van der Waals surface area contributed by atoms with Crippen molar-refractivity contribution in [2.24, 2.45) is 5.92 Å². The van der Waals surface area contributed by atoms with Gasteiger partial charge in [0, 0.05) is 31.5 Å². The fourth-order valence-corrected chi connectivity index (χ4v) is 2.56. The summed E-state index contributed by atoms with van der Waals surface area (Å²) in [5.41, 5.74) is 1.19. The summed E-state index contributed by atoms with van der Waals surface area (Å²) < 4.78 is 7.96. The molecule has 19 heavy (non-hydrogen) atoms. The first-order chi connectivity index (χ1) is 9.10. The van der Waals surface area contributed by atoms with Crippen LogP contribution in [0.4, 0.5) is 0 Å². The van der Waals surface area contributed by atoms with E-state index in [1.165, 1.54) is 5.69 Å². The molecule has 1 aliphatic rings. The Labute approximate surface area is 115 Å². The normalized spacial score (nSPS) is 19.4. The van der Waals surface area contributed by atoms with Crippen LogP contribution in [-0.4, -0.2) is 34.6 Å². The number of fused-ring (bicyclic) bond motifs is 1. The summed E-state index contributed by atoms with van der Waals surface area (Å²) in [5.74, 6) is 0.627. The average molecular weight is 264 g/mol. The highest BCUT2D eigenvalue weighted by Gasteiger charge is 2.25. The van der Waals surface area contributed by atoms with Crippen LogP contribution in [0.5, 0.6) is 0 Å². The molecule has 0 saturated carbocycles. The Bertz CT molecular complexity index is 426. The molecule has 1 unspecified atom stereocenters. The second-order valence-corrected chi connectivity index (χ2v) is 5.60. The van der Waals surface area contributed by atoms with E-state index < -0.39 is 0 Å². The summed E-state index contributed by atoms with van der Waals surface area (Å²) in [6, 6.07) is 4.12. The van der Waals surface area contributed by atoms with Gasteiger partial charge in [0.25, 0.3) is 0 Å². The molecule has 1 aliphatic heterocycles. The Morgan fingerprint density at radius 1 is 1.47 bits per heavy atom. The molecule has 0 aromatic carbocycles. The van der Waals surface area contributed by atoms with E-state index in [-0.39, 0.29) is 12.0 Å². The topological polar surface area (TPSA) is 34.5 Å². The fourth-order valence-electron chi connectivity index (χ4n) is 2.56. The lowest BCUT2D eigenvalue weighted by atomic mass is 10.1. The van der Waals surface area contributed by atoms with Crippen molar-refractivity contribution in [3.63, 3.8) is 0 Å². The molecule has 0 radical (unpaired) electrons. The Morgan fingerprint density at radius 2 is 2.26 bits per heavy atom. The number of amides is 1. The zero-order chi connectivity index (χ0) is 13.8. The summed E-state index contributed by atoms with van der Waals surface area (Å²) in [6.07, 6.45) is 2.77. The van der Waals surface area contributed by atoms with Crippen LogP contribution in [0.15, 0.2) is 18.3 Å². The molecule has 0 aliphatic carbocycles. The van der Waals surface area contributed by atoms with Crippen LogP contribution in [0.25, 0.3) is 0 Å². The minimum absolute atomic E-state index is 0.0924. The molecular formula is C15H24N2O2. The summed E-state index contributed by atoms with van der Waals surface area (Å²) in [4.78, 5) is 14.2. The standard InChI is InChI=1S/C15H24N2O2/c1-4-19-14-10-16-7-5-6-13(16)9-17(11-14)15(18)8-12(2)3/h5-7,12,14H,4,8-11H2,1-3H3. The van der Waals surface area contributed by atoms with Gasteiger partial charge in [0.15, 0.2) is 0 Å². The molecule has 0 saturated heterocycles. The monoisotopic (exact) mass is 264 g/mol. The van der Waals surface area contributed by atoms with Crippen molar-refractivity contribution in [3.05, 3.63) is 24.0 Å². The number of aromatic nitrogens is 1. The van der Waals surface area contributed by atoms with Gasteiger partial charge in [-0.3, -0.25) is 4.79 Å². The molecule has 1 aromatic rings. The largest absolute Gasteiger partial charge is 0.375 e. The van der Waals surface area contributed by atoms with E-state index in [9.17, 15) is 4.79 Å². The van der Waals surface area contributed by atoms with Gasteiger partial charge in [0.05, 0.1) is 19.2 Å². The van der Waals surface area contributed by atoms with Gasteiger partial charge in [0.1, 0.15) is 0 Å². The summed E-state index contributed by atoms with van der Waals surface area (Å²) in [5, 5.41) is 0. The van der Waals surface area contributed by atoms with Gasteiger partial charge < -0.3 is 14.2 Å². The highest BCUT2D eigenvalue weighted by molar-refractivity contribution is 5.76. The van der Waals surface area contributed by atoms with Crippen molar-refractivity contribution in [3.8, 4) is 0 Å². The van der Waals surface area contributed by atoms with Crippen LogP contribution in [-0.2, 0) is 22.6 Å². The fraction of sp³-hybridized carbons (Fsp3) is 0.667. The van der Waals surface area contributed by atoms with Gasteiger partial charge in [-0.05, 0) is 25.0 Å². The minimum atomic E-state index is 0.0924. The van der Waals surface area contributed by atoms with E-state index in [1.807, 2.05) is 17.9 Å². The summed E-state index contributed by atoms with van der Waals surface area (Å²) in [6.45, 7) is 9.08. The predicted molar refractivity (Wildman–Crippen MR) is 74.7 cm³/mol. The van der Waals surface area contributed by atoms with Crippen LogP contribution in [0.2, 0.25) is 0 Å². The molecule has 1 amide bonds. The highest BCUT2D eigenvalue weighted by atomic mass is 16.5. The quantitative estimate of drug-likeness (QED) is 0.836. The van der Waals surface area contributed by atoms with Crippen LogP contribution < -0.4 is 0 Å². The predicted octanol–water partition coefficient (Wildman–Crippen LogP) is 2.28. The maximum atomic E-state index is 12.3. The third kappa shape index (κ3) is 3.60. The van der Waals surface area contributed by atoms with Gasteiger partial charge in [-0.2, -0.15) is 0 Å². The molecule has 0 bridgehead atoms. The molecule has 106 valence electrons. The van der Waals surface area contributed by atoms with E-state index in [2.05, 4.69) is 30.7 Å². The zero-order valence-electron chi connectivity index (χ0n) is 12.1. The van der Waals surface area contributed by atoms with Gasteiger partial charge in [-0.15, -0.1) is 0 Å². The van der Waals surface area contributed by atoms with E-state index >= 15 is 0 Å². The molecule has 0 spiro atoms. The smallest absolute Gasteiger partial charge is 0.223 e. The van der Waals surface area contributed by atoms with Gasteiger partial charge in [-0.1, -0.05) is 13.8 Å². The van der Waals surface area contributed by atoms with Crippen LogP contribution in [0.1, 0.15) is 32.9 Å². The number of nitrogens with zero attached hydrogens (tertiary/aromatic N) is 2. The second-order valence-electron chi connectivity index (χ2n) is 5.60. The van der Waals surface area contributed by atoms with Crippen molar-refractivity contribution in [1.29, 1.82) is 0 Å². The van der Waals surface area contributed by atoms with E-state index in [0.717, 1.165) is 6.54 Å². The first-order valence-electron chi connectivity index (χ1n) is 7.13. The Hall–Kier alpha value is -1.29. The number of carbonyl (C=O) groups excluding carboxylic acids is 1. The number of carbonyl (C=O) groups is 1. The molecular weight excluding hydrogens is 240 g/mol. The number of hydrogen-bond donors (Lipinski definition) is 0. The second kappa shape index (κ2) is 6.24. The molecule has 0 N–H and O–H groups in total. The van der Waals surface area contributed by atoms with Crippen molar-refractivity contribution in [1.82, 2.24) is 9.47 Å². The van der Waals surface area contributed by atoms with Gasteiger partial charge in [-0.25, -0.2) is 0 Å². The maximum Gasteiger partial charge on any atom is 0.223 e. The number of ether oxygens (including phenoxy) is 1. The first kappa shape index (κ1) is 14.1. The van der Waals surface area contributed by atoms with Gasteiger partial charge >= 0.3 is 0 Å². The minimum Gasteiger partial charge on any atom is -0.375 e. The Kier molecular flexibility index (Phi) is 4.64. The van der Waals surface area contributed by atoms with Crippen LogP contribution >= 0.6 is 0 Å². The van der Waals surface area contributed by atoms with Crippen LogP contribution in [0, 0.1) is 5.92 Å². The third-order valence-electron chi connectivity index (χ3n) is 3.44. The third-order valence-corrected chi connectivity index (χ3v) is 3.44. The molecule has 4 heteroatoms. The molecule has 2 rings (SSSR count).